The Morgan fingerprint density at radius 3 is 2.88 bits per heavy atom. The van der Waals surface area contributed by atoms with Crippen molar-refractivity contribution in [3.8, 4) is 5.69 Å². The number of halogens is 1. The van der Waals surface area contributed by atoms with Crippen LogP contribution in [-0.4, -0.2) is 47.3 Å². The van der Waals surface area contributed by atoms with Crippen LogP contribution in [-0.2, 0) is 0 Å². The van der Waals surface area contributed by atoms with E-state index in [4.69, 9.17) is 11.6 Å². The highest BCUT2D eigenvalue weighted by atomic mass is 35.5. The molecule has 1 saturated heterocycles. The molecule has 1 atom stereocenters. The summed E-state index contributed by atoms with van der Waals surface area (Å²) in [5, 5.41) is 9.58. The number of thiophene rings is 1. The first-order valence-electron chi connectivity index (χ1n) is 8.76. The van der Waals surface area contributed by atoms with E-state index < -0.39 is 0 Å². The van der Waals surface area contributed by atoms with E-state index in [1.54, 1.807) is 0 Å². The van der Waals surface area contributed by atoms with Crippen LogP contribution in [0.15, 0.2) is 30.3 Å². The summed E-state index contributed by atoms with van der Waals surface area (Å²) in [6.07, 6.45) is 1.06. The second-order valence-corrected chi connectivity index (χ2v) is 8.23. The fourth-order valence-corrected chi connectivity index (χ4v) is 4.81. The number of hydrogen-bond donors (Lipinski definition) is 1. The van der Waals surface area contributed by atoms with Gasteiger partial charge in [-0.05, 0) is 63.2 Å². The van der Waals surface area contributed by atoms with Gasteiger partial charge in [0.15, 0.2) is 0 Å². The number of carbonyl (C=O) groups is 1. The fraction of sp³-hybridized carbons (Fsp3) is 0.368. The summed E-state index contributed by atoms with van der Waals surface area (Å²) >= 11 is 7.51. The maximum absolute atomic E-state index is 12.9. The Morgan fingerprint density at radius 2 is 2.15 bits per heavy atom. The van der Waals surface area contributed by atoms with Gasteiger partial charge in [-0.2, -0.15) is 5.10 Å². The Kier molecular flexibility index (Phi) is 4.73. The predicted molar refractivity (Wildman–Crippen MR) is 107 cm³/mol. The molecule has 0 aliphatic carbocycles. The molecular formula is C19H21ClN4OS. The summed E-state index contributed by atoms with van der Waals surface area (Å²) in [7, 11) is 1.96. The molecule has 3 heterocycles. The molecule has 0 radical (unpaired) electrons. The molecule has 4 rings (SSSR count). The van der Waals surface area contributed by atoms with E-state index in [0.29, 0.717) is 10.9 Å². The minimum Gasteiger partial charge on any atom is -0.338 e. The van der Waals surface area contributed by atoms with Crippen molar-refractivity contribution in [2.24, 2.45) is 5.92 Å². The lowest BCUT2D eigenvalue weighted by molar-refractivity contribution is 0.0792. The van der Waals surface area contributed by atoms with Crippen molar-refractivity contribution < 1.29 is 4.79 Å². The van der Waals surface area contributed by atoms with E-state index in [1.807, 2.05) is 53.9 Å². The summed E-state index contributed by atoms with van der Waals surface area (Å²) in [4.78, 5) is 16.7. The molecule has 1 amide bonds. The molecule has 1 N–H and O–H groups in total. The molecular weight excluding hydrogens is 368 g/mol. The first-order chi connectivity index (χ1) is 12.6. The molecule has 0 bridgehead atoms. The van der Waals surface area contributed by atoms with Gasteiger partial charge in [-0.25, -0.2) is 4.68 Å². The van der Waals surface area contributed by atoms with Gasteiger partial charge in [-0.1, -0.05) is 11.6 Å². The molecule has 26 heavy (non-hydrogen) atoms. The number of aromatic nitrogens is 2. The largest absolute Gasteiger partial charge is 0.338 e. The van der Waals surface area contributed by atoms with E-state index >= 15 is 0 Å². The summed E-state index contributed by atoms with van der Waals surface area (Å²) in [5.41, 5.74) is 1.88. The zero-order valence-electron chi connectivity index (χ0n) is 14.8. The van der Waals surface area contributed by atoms with E-state index in [0.717, 1.165) is 52.5 Å². The maximum Gasteiger partial charge on any atom is 0.264 e. The van der Waals surface area contributed by atoms with E-state index in [1.165, 1.54) is 11.3 Å². The number of benzene rings is 1. The van der Waals surface area contributed by atoms with Crippen molar-refractivity contribution in [3.05, 3.63) is 45.9 Å². The molecule has 7 heteroatoms. The van der Waals surface area contributed by atoms with Crippen molar-refractivity contribution in [2.45, 2.75) is 13.3 Å². The Balaban J connectivity index is 1.65. The highest BCUT2D eigenvalue weighted by Crippen LogP contribution is 2.32. The lowest BCUT2D eigenvalue weighted by Crippen LogP contribution is -2.29. The highest BCUT2D eigenvalue weighted by Gasteiger charge is 2.28. The molecule has 0 spiro atoms. The first-order valence-corrected chi connectivity index (χ1v) is 9.95. The molecule has 3 aromatic rings. The zero-order valence-corrected chi connectivity index (χ0v) is 16.4. The normalized spacial score (nSPS) is 17.3. The summed E-state index contributed by atoms with van der Waals surface area (Å²) in [6, 6.07) is 9.58. The van der Waals surface area contributed by atoms with Crippen LogP contribution in [0.3, 0.4) is 0 Å². The third-order valence-electron chi connectivity index (χ3n) is 4.89. The van der Waals surface area contributed by atoms with Crippen LogP contribution in [0.1, 0.15) is 21.8 Å². The Bertz CT molecular complexity index is 947. The molecule has 1 fully saturated rings. The molecule has 1 unspecified atom stereocenters. The van der Waals surface area contributed by atoms with Gasteiger partial charge >= 0.3 is 0 Å². The van der Waals surface area contributed by atoms with E-state index in [2.05, 4.69) is 10.4 Å². The third-order valence-corrected chi connectivity index (χ3v) is 6.24. The number of amides is 1. The van der Waals surface area contributed by atoms with Crippen molar-refractivity contribution >= 4 is 39.1 Å². The highest BCUT2D eigenvalue weighted by molar-refractivity contribution is 7.20. The number of hydrogen-bond acceptors (Lipinski definition) is 4. The number of nitrogens with one attached hydrogen (secondary N) is 1. The van der Waals surface area contributed by atoms with Crippen LogP contribution >= 0.6 is 22.9 Å². The van der Waals surface area contributed by atoms with Gasteiger partial charge in [0.05, 0.1) is 16.3 Å². The summed E-state index contributed by atoms with van der Waals surface area (Å²) in [5.74, 6) is 0.677. The van der Waals surface area contributed by atoms with Crippen LogP contribution < -0.4 is 5.32 Å². The van der Waals surface area contributed by atoms with Gasteiger partial charge in [0.25, 0.3) is 5.91 Å². The molecule has 1 aliphatic heterocycles. The van der Waals surface area contributed by atoms with Gasteiger partial charge in [-0.15, -0.1) is 11.3 Å². The van der Waals surface area contributed by atoms with Crippen LogP contribution in [0.25, 0.3) is 15.9 Å². The standard InChI is InChI=1S/C19H21ClN4OS/c1-12-16-9-17(18(25)23-8-7-13(11-23)10-21-2)26-19(16)24(22-12)15-5-3-14(20)4-6-15/h3-6,9,13,21H,7-8,10-11H2,1-2H3. The topological polar surface area (TPSA) is 50.2 Å². The number of carbonyl (C=O) groups excluding carboxylic acids is 1. The van der Waals surface area contributed by atoms with E-state index in [-0.39, 0.29) is 5.91 Å². The second-order valence-electron chi connectivity index (χ2n) is 6.77. The summed E-state index contributed by atoms with van der Waals surface area (Å²) < 4.78 is 1.90. The Hall–Kier alpha value is -1.89. The average Bonchev–Trinajstić information content (AvgIpc) is 3.33. The lowest BCUT2D eigenvalue weighted by Gasteiger charge is -2.15. The van der Waals surface area contributed by atoms with Crippen molar-refractivity contribution in [2.75, 3.05) is 26.7 Å². The van der Waals surface area contributed by atoms with Crippen molar-refractivity contribution in [1.29, 1.82) is 0 Å². The average molecular weight is 389 g/mol. The van der Waals surface area contributed by atoms with Crippen molar-refractivity contribution in [1.82, 2.24) is 20.0 Å². The molecule has 2 aromatic heterocycles. The Labute approximate surface area is 161 Å². The number of likely N-dealkylation sites (tertiary alicyclic amines) is 1. The maximum atomic E-state index is 12.9. The number of nitrogens with zero attached hydrogens (tertiary/aromatic N) is 3. The molecule has 5 nitrogen and oxygen atoms in total. The lowest BCUT2D eigenvalue weighted by atomic mass is 10.1. The van der Waals surface area contributed by atoms with Crippen molar-refractivity contribution in [3.63, 3.8) is 0 Å². The summed E-state index contributed by atoms with van der Waals surface area (Å²) in [6.45, 7) is 4.60. The molecule has 1 aliphatic rings. The van der Waals surface area contributed by atoms with E-state index in [9.17, 15) is 4.79 Å². The smallest absolute Gasteiger partial charge is 0.264 e. The quantitative estimate of drug-likeness (QED) is 0.740. The minimum atomic E-state index is 0.131. The number of aryl methyl sites for hydroxylation is 1. The predicted octanol–water partition coefficient (Wildman–Crippen LogP) is 3.73. The SMILES string of the molecule is CNCC1CCN(C(=O)c2cc3c(C)nn(-c4ccc(Cl)cc4)c3s2)C1. The fourth-order valence-electron chi connectivity index (χ4n) is 3.54. The molecule has 0 saturated carbocycles. The first kappa shape index (κ1) is 17.5. The van der Waals surface area contributed by atoms with Crippen LogP contribution in [0.2, 0.25) is 5.02 Å². The van der Waals surface area contributed by atoms with Gasteiger partial charge in [0, 0.05) is 23.5 Å². The third kappa shape index (κ3) is 3.13. The number of fused-ring (bicyclic) bond motifs is 1. The molecule has 136 valence electrons. The molecule has 1 aromatic carbocycles. The van der Waals surface area contributed by atoms with Crippen LogP contribution in [0.5, 0.6) is 0 Å². The van der Waals surface area contributed by atoms with Gasteiger partial charge in [0.1, 0.15) is 4.83 Å². The van der Waals surface area contributed by atoms with Gasteiger partial charge < -0.3 is 10.2 Å². The minimum absolute atomic E-state index is 0.131. The van der Waals surface area contributed by atoms with Gasteiger partial charge in [0.2, 0.25) is 0 Å². The van der Waals surface area contributed by atoms with Gasteiger partial charge in [-0.3, -0.25) is 4.79 Å². The Morgan fingerprint density at radius 1 is 1.38 bits per heavy atom. The van der Waals surface area contributed by atoms with Crippen LogP contribution in [0, 0.1) is 12.8 Å². The zero-order chi connectivity index (χ0) is 18.3. The van der Waals surface area contributed by atoms with Crippen LogP contribution in [0.4, 0.5) is 0 Å². The number of rotatable bonds is 4. The monoisotopic (exact) mass is 388 g/mol. The second kappa shape index (κ2) is 7.02.